The van der Waals surface area contributed by atoms with Crippen molar-refractivity contribution in [1.82, 2.24) is 5.32 Å². The Morgan fingerprint density at radius 1 is 1.21 bits per heavy atom. The molecule has 0 spiro atoms. The van der Waals surface area contributed by atoms with Crippen LogP contribution in [-0.4, -0.2) is 28.9 Å². The van der Waals surface area contributed by atoms with E-state index in [1.807, 2.05) is 0 Å². The van der Waals surface area contributed by atoms with Gasteiger partial charge >= 0.3 is 5.97 Å². The second-order valence-corrected chi connectivity index (χ2v) is 4.03. The van der Waals surface area contributed by atoms with Crippen molar-refractivity contribution in [3.63, 3.8) is 0 Å². The van der Waals surface area contributed by atoms with Gasteiger partial charge < -0.3 is 15.7 Å². The quantitative estimate of drug-likeness (QED) is 0.745. The molecule has 6 nitrogen and oxygen atoms in total. The van der Waals surface area contributed by atoms with E-state index in [1.165, 1.54) is 19.1 Å². The van der Waals surface area contributed by atoms with Crippen LogP contribution >= 0.6 is 0 Å². The van der Waals surface area contributed by atoms with E-state index in [-0.39, 0.29) is 5.91 Å². The highest BCUT2D eigenvalue weighted by Crippen LogP contribution is 2.09. The number of carboxylic acids is 1. The van der Waals surface area contributed by atoms with E-state index >= 15 is 0 Å². The molecule has 1 aromatic rings. The number of carboxylic acid groups (broad SMARTS) is 1. The lowest BCUT2D eigenvalue weighted by Crippen LogP contribution is -2.40. The van der Waals surface area contributed by atoms with E-state index in [1.54, 1.807) is 19.1 Å². The fourth-order valence-corrected chi connectivity index (χ4v) is 1.49. The number of nitrogens with one attached hydrogen (secondary N) is 2. The van der Waals surface area contributed by atoms with Crippen molar-refractivity contribution in [2.75, 3.05) is 5.32 Å². The molecular formula is C13H16N2O4. The average molecular weight is 264 g/mol. The van der Waals surface area contributed by atoms with Crippen LogP contribution in [0.25, 0.3) is 0 Å². The minimum Gasteiger partial charge on any atom is -0.480 e. The highest BCUT2D eigenvalue weighted by atomic mass is 16.4. The van der Waals surface area contributed by atoms with E-state index < -0.39 is 17.9 Å². The Labute approximate surface area is 110 Å². The fourth-order valence-electron chi connectivity index (χ4n) is 1.49. The lowest BCUT2D eigenvalue weighted by molar-refractivity contribution is -0.139. The lowest BCUT2D eigenvalue weighted by Gasteiger charge is -2.12. The van der Waals surface area contributed by atoms with Gasteiger partial charge in [-0.15, -0.1) is 0 Å². The number of anilines is 1. The summed E-state index contributed by atoms with van der Waals surface area (Å²) in [4.78, 5) is 33.4. The molecule has 19 heavy (non-hydrogen) atoms. The summed E-state index contributed by atoms with van der Waals surface area (Å²) in [6.07, 6.45) is 0.311. The van der Waals surface area contributed by atoms with Crippen LogP contribution in [-0.2, 0) is 9.59 Å². The van der Waals surface area contributed by atoms with Crippen molar-refractivity contribution in [3.05, 3.63) is 29.8 Å². The first-order valence-corrected chi connectivity index (χ1v) is 5.85. The van der Waals surface area contributed by atoms with Gasteiger partial charge in [-0.25, -0.2) is 4.79 Å². The Hall–Kier alpha value is -2.37. The molecule has 0 radical (unpaired) electrons. The van der Waals surface area contributed by atoms with Crippen LogP contribution in [0.15, 0.2) is 24.3 Å². The predicted octanol–water partition coefficient (Wildman–Crippen LogP) is 1.24. The van der Waals surface area contributed by atoms with E-state index in [0.29, 0.717) is 17.7 Å². The van der Waals surface area contributed by atoms with Crippen LogP contribution in [0.3, 0.4) is 0 Å². The molecule has 3 N–H and O–H groups in total. The number of carbonyl (C=O) groups is 3. The van der Waals surface area contributed by atoms with Crippen molar-refractivity contribution in [3.8, 4) is 0 Å². The molecule has 6 heteroatoms. The molecule has 0 unspecified atom stereocenters. The van der Waals surface area contributed by atoms with E-state index in [0.717, 1.165) is 0 Å². The Balaban J connectivity index is 2.72. The summed E-state index contributed by atoms with van der Waals surface area (Å²) in [6, 6.07) is 5.31. The highest BCUT2D eigenvalue weighted by molar-refractivity contribution is 5.97. The zero-order valence-corrected chi connectivity index (χ0v) is 10.8. The first kappa shape index (κ1) is 14.7. The first-order chi connectivity index (χ1) is 8.93. The fraction of sp³-hybridized carbons (Fsp3) is 0.308. The zero-order valence-electron chi connectivity index (χ0n) is 10.8. The normalized spacial score (nSPS) is 11.5. The maximum Gasteiger partial charge on any atom is 0.326 e. The number of aliphatic carboxylic acids is 1. The van der Waals surface area contributed by atoms with Gasteiger partial charge in [-0.1, -0.05) is 6.92 Å². The number of amides is 2. The Morgan fingerprint density at radius 2 is 1.79 bits per heavy atom. The van der Waals surface area contributed by atoms with Gasteiger partial charge in [0.15, 0.2) is 0 Å². The van der Waals surface area contributed by atoms with Crippen molar-refractivity contribution in [2.24, 2.45) is 0 Å². The summed E-state index contributed by atoms with van der Waals surface area (Å²) in [5.41, 5.74) is 0.920. The molecule has 102 valence electrons. The minimum atomic E-state index is -1.06. The molecular weight excluding hydrogens is 248 g/mol. The van der Waals surface area contributed by atoms with Crippen molar-refractivity contribution >= 4 is 23.5 Å². The molecule has 0 saturated carbocycles. The lowest BCUT2D eigenvalue weighted by atomic mass is 10.1. The molecule has 2 amide bonds. The van der Waals surface area contributed by atoms with Crippen LogP contribution in [0, 0.1) is 0 Å². The molecule has 0 aliphatic carbocycles. The van der Waals surface area contributed by atoms with Gasteiger partial charge in [0.05, 0.1) is 0 Å². The monoisotopic (exact) mass is 264 g/mol. The van der Waals surface area contributed by atoms with E-state index in [9.17, 15) is 14.4 Å². The van der Waals surface area contributed by atoms with Crippen LogP contribution in [0.4, 0.5) is 5.69 Å². The smallest absolute Gasteiger partial charge is 0.326 e. The maximum atomic E-state index is 11.8. The third-order valence-corrected chi connectivity index (χ3v) is 2.48. The summed E-state index contributed by atoms with van der Waals surface area (Å²) in [5.74, 6) is -1.72. The summed E-state index contributed by atoms with van der Waals surface area (Å²) in [7, 11) is 0. The molecule has 0 aliphatic rings. The Bertz CT molecular complexity index is 482. The third-order valence-electron chi connectivity index (χ3n) is 2.48. The molecule has 0 aromatic heterocycles. The van der Waals surface area contributed by atoms with Gasteiger partial charge in [-0.05, 0) is 30.7 Å². The summed E-state index contributed by atoms with van der Waals surface area (Å²) >= 11 is 0. The van der Waals surface area contributed by atoms with Gasteiger partial charge in [0, 0.05) is 18.2 Å². The SMILES string of the molecule is CC[C@@H](NC(=O)c1ccc(NC(C)=O)cc1)C(=O)O. The van der Waals surface area contributed by atoms with Crippen LogP contribution in [0.5, 0.6) is 0 Å². The maximum absolute atomic E-state index is 11.8. The van der Waals surface area contributed by atoms with Gasteiger partial charge in [-0.2, -0.15) is 0 Å². The van der Waals surface area contributed by atoms with Gasteiger partial charge in [0.1, 0.15) is 6.04 Å². The number of carbonyl (C=O) groups excluding carboxylic acids is 2. The first-order valence-electron chi connectivity index (χ1n) is 5.85. The van der Waals surface area contributed by atoms with Gasteiger partial charge in [0.2, 0.25) is 5.91 Å². The molecule has 0 heterocycles. The van der Waals surface area contributed by atoms with E-state index in [2.05, 4.69) is 10.6 Å². The van der Waals surface area contributed by atoms with Crippen LogP contribution < -0.4 is 10.6 Å². The van der Waals surface area contributed by atoms with Gasteiger partial charge in [0.25, 0.3) is 5.91 Å². The molecule has 0 bridgehead atoms. The number of benzene rings is 1. The van der Waals surface area contributed by atoms with Crippen molar-refractivity contribution in [1.29, 1.82) is 0 Å². The molecule has 1 aromatic carbocycles. The van der Waals surface area contributed by atoms with Crippen LogP contribution in [0.2, 0.25) is 0 Å². The zero-order chi connectivity index (χ0) is 14.4. The second kappa shape index (κ2) is 6.53. The summed E-state index contributed by atoms with van der Waals surface area (Å²) in [5, 5.41) is 13.8. The molecule has 0 saturated heterocycles. The second-order valence-electron chi connectivity index (χ2n) is 4.03. The predicted molar refractivity (Wildman–Crippen MR) is 69.9 cm³/mol. The number of rotatable bonds is 5. The van der Waals surface area contributed by atoms with Crippen molar-refractivity contribution in [2.45, 2.75) is 26.3 Å². The van der Waals surface area contributed by atoms with Crippen LogP contribution in [0.1, 0.15) is 30.6 Å². The largest absolute Gasteiger partial charge is 0.480 e. The summed E-state index contributed by atoms with van der Waals surface area (Å²) in [6.45, 7) is 3.07. The number of hydrogen-bond acceptors (Lipinski definition) is 3. The topological polar surface area (TPSA) is 95.5 Å². The van der Waals surface area contributed by atoms with Gasteiger partial charge in [-0.3, -0.25) is 9.59 Å². The standard InChI is InChI=1S/C13H16N2O4/c1-3-11(13(18)19)15-12(17)9-4-6-10(7-5-9)14-8(2)16/h4-7,11H,3H2,1-2H3,(H,14,16)(H,15,17)(H,18,19)/t11-/m1/s1. The highest BCUT2D eigenvalue weighted by Gasteiger charge is 2.18. The minimum absolute atomic E-state index is 0.200. The number of hydrogen-bond donors (Lipinski definition) is 3. The Kier molecular flexibility index (Phi) is 5.05. The van der Waals surface area contributed by atoms with Crippen molar-refractivity contribution < 1.29 is 19.5 Å². The molecule has 1 atom stereocenters. The molecule has 0 aliphatic heterocycles. The summed E-state index contributed by atoms with van der Waals surface area (Å²) < 4.78 is 0. The third kappa shape index (κ3) is 4.42. The Morgan fingerprint density at radius 3 is 2.21 bits per heavy atom. The molecule has 1 rings (SSSR count). The average Bonchev–Trinajstić information content (AvgIpc) is 2.35. The molecule has 0 fully saturated rings. The van der Waals surface area contributed by atoms with E-state index in [4.69, 9.17) is 5.11 Å².